The number of nitrogens with zero attached hydrogens (tertiary/aromatic N) is 3. The zero-order valence-corrected chi connectivity index (χ0v) is 20.0. The molecule has 1 aromatic heterocycles. The van der Waals surface area contributed by atoms with Crippen LogP contribution in [0.3, 0.4) is 0 Å². The van der Waals surface area contributed by atoms with Gasteiger partial charge in [-0.1, -0.05) is 6.07 Å². The van der Waals surface area contributed by atoms with Gasteiger partial charge >= 0.3 is 0 Å². The zero-order chi connectivity index (χ0) is 27.0. The predicted molar refractivity (Wildman–Crippen MR) is 127 cm³/mol. The Kier molecular flexibility index (Phi) is 5.50. The average molecular weight is 508 g/mol. The number of aromatic nitrogens is 2. The molecule has 2 saturated carbocycles. The number of nitrogens with two attached hydrogens (primary N) is 2. The molecule has 3 aliphatic carbocycles. The number of hydrogen-bond acceptors (Lipinski definition) is 11. The van der Waals surface area contributed by atoms with Crippen LogP contribution in [0.4, 0.5) is 5.95 Å². The van der Waals surface area contributed by atoms with Crippen molar-refractivity contribution in [3.05, 3.63) is 35.7 Å². The van der Waals surface area contributed by atoms with Gasteiger partial charge in [-0.05, 0) is 50.0 Å². The summed E-state index contributed by atoms with van der Waals surface area (Å²) in [5.41, 5.74) is 9.61. The lowest BCUT2D eigenvalue weighted by atomic mass is 9.52. The molecule has 37 heavy (non-hydrogen) atoms. The normalized spacial score (nSPS) is 31.1. The van der Waals surface area contributed by atoms with Gasteiger partial charge in [0.1, 0.15) is 5.75 Å². The molecule has 1 amide bonds. The van der Waals surface area contributed by atoms with Crippen LogP contribution in [0.1, 0.15) is 22.3 Å². The van der Waals surface area contributed by atoms with Crippen molar-refractivity contribution in [1.29, 1.82) is 0 Å². The molecule has 6 N–H and O–H groups in total. The minimum atomic E-state index is -2.76. The van der Waals surface area contributed by atoms with Crippen molar-refractivity contribution in [1.82, 2.24) is 14.9 Å². The lowest BCUT2D eigenvalue weighted by Crippen LogP contribution is -2.74. The molecular weight excluding hydrogens is 482 g/mol. The van der Waals surface area contributed by atoms with Crippen molar-refractivity contribution in [3.63, 3.8) is 0 Å². The number of phenolic OH excluding ortho intramolecular Hbond substituents is 1. The summed E-state index contributed by atoms with van der Waals surface area (Å²) in [5, 5.41) is 22.2. The number of benzene rings is 1. The number of hydrogen-bond donors (Lipinski definition) is 4. The highest BCUT2D eigenvalue weighted by molar-refractivity contribution is 6.32. The highest BCUT2D eigenvalue weighted by atomic mass is 16.3. The van der Waals surface area contributed by atoms with Crippen molar-refractivity contribution in [2.45, 2.75) is 24.5 Å². The molecule has 0 bridgehead atoms. The first-order valence-corrected chi connectivity index (χ1v) is 11.7. The van der Waals surface area contributed by atoms with Gasteiger partial charge < -0.3 is 21.7 Å². The number of amides is 1. The number of nitrogen functional groups attached to an aromatic ring is 1. The maximum absolute atomic E-state index is 13.8. The monoisotopic (exact) mass is 507 g/mol. The van der Waals surface area contributed by atoms with Crippen LogP contribution in [-0.4, -0.2) is 79.9 Å². The van der Waals surface area contributed by atoms with Crippen molar-refractivity contribution >= 4 is 35.0 Å². The molecule has 0 spiro atoms. The highest BCUT2D eigenvalue weighted by Crippen LogP contribution is 2.51. The molecule has 5 rings (SSSR count). The van der Waals surface area contributed by atoms with Crippen molar-refractivity contribution in [2.24, 2.45) is 29.4 Å². The van der Waals surface area contributed by atoms with Gasteiger partial charge in [0.25, 0.3) is 0 Å². The fourth-order valence-corrected chi connectivity index (χ4v) is 6.35. The van der Waals surface area contributed by atoms with Crippen molar-refractivity contribution in [2.75, 3.05) is 19.8 Å². The van der Waals surface area contributed by atoms with E-state index in [0.717, 1.165) is 0 Å². The van der Waals surface area contributed by atoms with Crippen molar-refractivity contribution in [3.8, 4) is 16.9 Å². The Labute approximate surface area is 210 Å². The SMILES string of the molecule is CN(C)C1C(=O)C(C(N)=O)C(=O)[C@]2(O)C(=O)C3C(=O)c4c(O)ccc(-c5cnc(N)nc5)c4C[C@H]3C[C@@H]12. The van der Waals surface area contributed by atoms with E-state index in [1.165, 1.54) is 37.5 Å². The molecule has 2 aromatic rings. The Morgan fingerprint density at radius 1 is 1.11 bits per heavy atom. The lowest BCUT2D eigenvalue weighted by molar-refractivity contribution is -0.181. The molecule has 1 aromatic carbocycles. The standard InChI is InChI=1S/C25H25N5O7/c1-30(2)18-13-6-9-5-12-11(10-7-28-24(27)29-8-10)3-4-14(31)16(12)19(32)15(9)21(34)25(13,37)22(35)17(20(18)33)23(26)36/h3-4,7-9,13,15,17-18,31,37H,5-6H2,1-2H3,(H2,26,36)(H2,27,28,29)/t9-,13-,15?,17?,18?,25+/m0/s1. The van der Waals surface area contributed by atoms with E-state index in [-0.39, 0.29) is 30.1 Å². The summed E-state index contributed by atoms with van der Waals surface area (Å²) in [6.45, 7) is 0. The summed E-state index contributed by atoms with van der Waals surface area (Å²) in [4.78, 5) is 75.4. The quantitative estimate of drug-likeness (QED) is 0.367. The number of rotatable bonds is 3. The largest absolute Gasteiger partial charge is 0.507 e. The van der Waals surface area contributed by atoms with Crippen LogP contribution in [0.2, 0.25) is 0 Å². The second-order valence-electron chi connectivity index (χ2n) is 10.1. The van der Waals surface area contributed by atoms with E-state index in [1.54, 1.807) is 6.07 Å². The number of likely N-dealkylation sites (N-methyl/N-ethyl adjacent to an activating group) is 1. The summed E-state index contributed by atoms with van der Waals surface area (Å²) >= 11 is 0. The van der Waals surface area contributed by atoms with E-state index in [9.17, 15) is 34.2 Å². The third-order valence-corrected chi connectivity index (χ3v) is 7.93. The topological polar surface area (TPSA) is 207 Å². The number of Topliss-reactive ketones (excluding diaryl/α,β-unsaturated/α-hetero) is 4. The van der Waals surface area contributed by atoms with E-state index in [0.29, 0.717) is 16.7 Å². The van der Waals surface area contributed by atoms with Gasteiger partial charge in [0.15, 0.2) is 34.7 Å². The Morgan fingerprint density at radius 3 is 2.35 bits per heavy atom. The number of aliphatic hydroxyl groups is 1. The number of anilines is 1. The maximum atomic E-state index is 13.8. The number of fused-ring (bicyclic) bond motifs is 3. The summed E-state index contributed by atoms with van der Waals surface area (Å²) in [6, 6.07) is 1.75. The maximum Gasteiger partial charge on any atom is 0.235 e. The minimum Gasteiger partial charge on any atom is -0.507 e. The van der Waals surface area contributed by atoms with E-state index in [2.05, 4.69) is 9.97 Å². The highest BCUT2D eigenvalue weighted by Gasteiger charge is 2.69. The van der Waals surface area contributed by atoms with Gasteiger partial charge in [-0.3, -0.25) is 28.9 Å². The van der Waals surface area contributed by atoms with Crippen LogP contribution >= 0.6 is 0 Å². The third kappa shape index (κ3) is 3.32. The van der Waals surface area contributed by atoms with Gasteiger partial charge in [-0.25, -0.2) is 9.97 Å². The number of carbonyl (C=O) groups excluding carboxylic acids is 5. The van der Waals surface area contributed by atoms with Gasteiger partial charge in [-0.15, -0.1) is 0 Å². The molecule has 0 saturated heterocycles. The van der Waals surface area contributed by atoms with Crippen LogP contribution in [-0.2, 0) is 25.6 Å². The minimum absolute atomic E-state index is 0.0305. The third-order valence-electron chi connectivity index (χ3n) is 7.93. The van der Waals surface area contributed by atoms with Crippen LogP contribution in [0.15, 0.2) is 24.5 Å². The summed E-state index contributed by atoms with van der Waals surface area (Å²) < 4.78 is 0. The second kappa shape index (κ2) is 8.25. The van der Waals surface area contributed by atoms with Crippen LogP contribution in [0.5, 0.6) is 5.75 Å². The first kappa shape index (κ1) is 24.7. The van der Waals surface area contributed by atoms with Gasteiger partial charge in [0.2, 0.25) is 11.9 Å². The van der Waals surface area contributed by atoms with Gasteiger partial charge in [0, 0.05) is 23.9 Å². The second-order valence-corrected chi connectivity index (χ2v) is 10.1. The Hall–Kier alpha value is -4.03. The summed E-state index contributed by atoms with van der Waals surface area (Å²) in [6.07, 6.45) is 3.05. The molecule has 3 aliphatic rings. The molecule has 0 aliphatic heterocycles. The van der Waals surface area contributed by atoms with Crippen LogP contribution < -0.4 is 11.5 Å². The predicted octanol–water partition coefficient (Wildman–Crippen LogP) is -1.09. The summed E-state index contributed by atoms with van der Waals surface area (Å²) in [5.74, 6) is -10.8. The molecule has 6 atom stereocenters. The smallest absolute Gasteiger partial charge is 0.235 e. The van der Waals surface area contributed by atoms with E-state index >= 15 is 0 Å². The van der Waals surface area contributed by atoms with Gasteiger partial charge in [0.05, 0.1) is 17.5 Å². The molecule has 192 valence electrons. The number of phenols is 1. The van der Waals surface area contributed by atoms with E-state index in [1.807, 2.05) is 0 Å². The molecule has 1 heterocycles. The molecule has 3 unspecified atom stereocenters. The first-order chi connectivity index (χ1) is 17.4. The average Bonchev–Trinajstić information content (AvgIpc) is 2.82. The molecule has 12 heteroatoms. The van der Waals surface area contributed by atoms with Crippen LogP contribution in [0.25, 0.3) is 11.1 Å². The molecule has 0 radical (unpaired) electrons. The molecule has 12 nitrogen and oxygen atoms in total. The Morgan fingerprint density at radius 2 is 1.76 bits per heavy atom. The number of carbonyl (C=O) groups is 5. The van der Waals surface area contributed by atoms with Crippen LogP contribution in [0, 0.1) is 23.7 Å². The Bertz CT molecular complexity index is 1390. The Balaban J connectivity index is 1.66. The fourth-order valence-electron chi connectivity index (χ4n) is 6.35. The fraction of sp³-hybridized carbons (Fsp3) is 0.400. The van der Waals surface area contributed by atoms with E-state index in [4.69, 9.17) is 11.5 Å². The zero-order valence-electron chi connectivity index (χ0n) is 20.0. The van der Waals surface area contributed by atoms with E-state index < -0.39 is 64.4 Å². The van der Waals surface area contributed by atoms with Crippen molar-refractivity contribution < 1.29 is 34.2 Å². The first-order valence-electron chi connectivity index (χ1n) is 11.7. The summed E-state index contributed by atoms with van der Waals surface area (Å²) in [7, 11) is 3.07. The number of primary amides is 1. The number of ketones is 4. The molecular formula is C25H25N5O7. The van der Waals surface area contributed by atoms with Gasteiger partial charge in [-0.2, -0.15) is 0 Å². The molecule has 2 fully saturated rings. The number of aromatic hydroxyl groups is 1. The lowest BCUT2D eigenvalue weighted by Gasteiger charge is -2.52.